The lowest BCUT2D eigenvalue weighted by Crippen LogP contribution is -2.35. The van der Waals surface area contributed by atoms with Gasteiger partial charge in [0.15, 0.2) is 0 Å². The predicted molar refractivity (Wildman–Crippen MR) is 63.2 cm³/mol. The van der Waals surface area contributed by atoms with Crippen LogP contribution in [-0.4, -0.2) is 25.6 Å². The molecule has 3 N–H and O–H groups in total. The number of amides is 1. The average molecular weight is 222 g/mol. The second kappa shape index (κ2) is 6.85. The van der Waals surface area contributed by atoms with E-state index in [0.717, 1.165) is 5.75 Å². The maximum Gasteiger partial charge on any atom is 0.224 e. The Morgan fingerprint density at radius 3 is 2.75 bits per heavy atom. The van der Waals surface area contributed by atoms with Crippen LogP contribution < -0.4 is 15.8 Å². The van der Waals surface area contributed by atoms with Crippen molar-refractivity contribution in [2.75, 3.05) is 19.7 Å². The smallest absolute Gasteiger partial charge is 0.224 e. The summed E-state index contributed by atoms with van der Waals surface area (Å²) in [6.45, 7) is 3.13. The van der Waals surface area contributed by atoms with Crippen molar-refractivity contribution >= 4 is 5.91 Å². The number of benzene rings is 1. The van der Waals surface area contributed by atoms with Gasteiger partial charge in [-0.2, -0.15) is 0 Å². The summed E-state index contributed by atoms with van der Waals surface area (Å²) in [6, 6.07) is 9.50. The molecular weight excluding hydrogens is 204 g/mol. The number of ether oxygens (including phenoxy) is 1. The summed E-state index contributed by atoms with van der Waals surface area (Å²) in [5, 5.41) is 2.76. The molecule has 0 heterocycles. The first-order valence-electron chi connectivity index (χ1n) is 5.39. The summed E-state index contributed by atoms with van der Waals surface area (Å²) in [7, 11) is 0. The summed E-state index contributed by atoms with van der Waals surface area (Å²) >= 11 is 0. The van der Waals surface area contributed by atoms with E-state index in [1.165, 1.54) is 0 Å². The van der Waals surface area contributed by atoms with Crippen LogP contribution >= 0.6 is 0 Å². The maximum absolute atomic E-state index is 11.3. The van der Waals surface area contributed by atoms with E-state index >= 15 is 0 Å². The summed E-state index contributed by atoms with van der Waals surface area (Å²) in [4.78, 5) is 11.3. The van der Waals surface area contributed by atoms with Gasteiger partial charge in [0.25, 0.3) is 0 Å². The minimum Gasteiger partial charge on any atom is -0.492 e. The molecule has 0 aliphatic rings. The number of nitrogens with two attached hydrogens (primary N) is 1. The van der Waals surface area contributed by atoms with Gasteiger partial charge in [-0.15, -0.1) is 0 Å². The lowest BCUT2D eigenvalue weighted by Gasteiger charge is -2.10. The van der Waals surface area contributed by atoms with Gasteiger partial charge in [-0.05, 0) is 12.1 Å². The van der Waals surface area contributed by atoms with Gasteiger partial charge < -0.3 is 15.8 Å². The highest BCUT2D eigenvalue weighted by Crippen LogP contribution is 2.07. The van der Waals surface area contributed by atoms with Crippen molar-refractivity contribution in [2.45, 2.75) is 6.92 Å². The van der Waals surface area contributed by atoms with E-state index in [1.807, 2.05) is 30.3 Å². The number of carbonyl (C=O) groups is 1. The van der Waals surface area contributed by atoms with Crippen molar-refractivity contribution in [3.8, 4) is 5.75 Å². The number of rotatable bonds is 6. The van der Waals surface area contributed by atoms with E-state index in [2.05, 4.69) is 5.32 Å². The van der Waals surface area contributed by atoms with E-state index in [0.29, 0.717) is 19.7 Å². The number of carbonyl (C=O) groups excluding carboxylic acids is 1. The van der Waals surface area contributed by atoms with Crippen LogP contribution in [0, 0.1) is 5.92 Å². The third-order valence-corrected chi connectivity index (χ3v) is 2.21. The van der Waals surface area contributed by atoms with E-state index in [9.17, 15) is 4.79 Å². The summed E-state index contributed by atoms with van der Waals surface area (Å²) < 4.78 is 5.42. The zero-order valence-corrected chi connectivity index (χ0v) is 9.48. The van der Waals surface area contributed by atoms with Gasteiger partial charge >= 0.3 is 0 Å². The number of para-hydroxylation sites is 1. The van der Waals surface area contributed by atoms with E-state index in [1.54, 1.807) is 6.92 Å². The van der Waals surface area contributed by atoms with Crippen LogP contribution in [-0.2, 0) is 4.79 Å². The Bertz CT molecular complexity index is 314. The molecule has 1 aromatic carbocycles. The summed E-state index contributed by atoms with van der Waals surface area (Å²) in [5.74, 6) is 0.638. The Hall–Kier alpha value is -1.55. The molecule has 1 amide bonds. The van der Waals surface area contributed by atoms with E-state index < -0.39 is 0 Å². The van der Waals surface area contributed by atoms with Crippen molar-refractivity contribution in [1.82, 2.24) is 5.32 Å². The monoisotopic (exact) mass is 222 g/mol. The molecule has 1 rings (SSSR count). The largest absolute Gasteiger partial charge is 0.492 e. The number of nitrogens with one attached hydrogen (secondary N) is 1. The predicted octanol–water partition coefficient (Wildman–Crippen LogP) is 0.776. The SMILES string of the molecule is CC(CN)C(=O)NCCOc1ccccc1. The number of hydrogen-bond donors (Lipinski definition) is 2. The van der Waals surface area contributed by atoms with Gasteiger partial charge in [0.05, 0.1) is 6.54 Å². The molecule has 0 aliphatic carbocycles. The molecule has 0 fully saturated rings. The molecule has 4 nitrogen and oxygen atoms in total. The molecular formula is C12H18N2O2. The van der Waals surface area contributed by atoms with Crippen LogP contribution in [0.1, 0.15) is 6.92 Å². The van der Waals surface area contributed by atoms with Gasteiger partial charge in [-0.25, -0.2) is 0 Å². The van der Waals surface area contributed by atoms with Crippen LogP contribution in [0.4, 0.5) is 0 Å². The van der Waals surface area contributed by atoms with Crippen molar-refractivity contribution in [3.63, 3.8) is 0 Å². The minimum absolute atomic E-state index is 0.0286. The Morgan fingerprint density at radius 2 is 2.12 bits per heavy atom. The highest BCUT2D eigenvalue weighted by atomic mass is 16.5. The van der Waals surface area contributed by atoms with Crippen molar-refractivity contribution in [1.29, 1.82) is 0 Å². The maximum atomic E-state index is 11.3. The van der Waals surface area contributed by atoms with Gasteiger partial charge in [-0.1, -0.05) is 25.1 Å². The van der Waals surface area contributed by atoms with Gasteiger partial charge in [-0.3, -0.25) is 4.79 Å². The zero-order chi connectivity index (χ0) is 11.8. The highest BCUT2D eigenvalue weighted by molar-refractivity contribution is 5.78. The first kappa shape index (κ1) is 12.5. The Balaban J connectivity index is 2.15. The van der Waals surface area contributed by atoms with Crippen molar-refractivity contribution in [3.05, 3.63) is 30.3 Å². The summed E-state index contributed by atoms with van der Waals surface area (Å²) in [6.07, 6.45) is 0. The van der Waals surface area contributed by atoms with Gasteiger partial charge in [0.1, 0.15) is 12.4 Å². The molecule has 16 heavy (non-hydrogen) atoms. The van der Waals surface area contributed by atoms with Crippen LogP contribution in [0.5, 0.6) is 5.75 Å². The Kier molecular flexibility index (Phi) is 5.36. The van der Waals surface area contributed by atoms with Crippen LogP contribution in [0.3, 0.4) is 0 Å². The molecule has 1 atom stereocenters. The first-order valence-corrected chi connectivity index (χ1v) is 5.39. The van der Waals surface area contributed by atoms with Crippen LogP contribution in [0.25, 0.3) is 0 Å². The molecule has 0 aliphatic heterocycles. The fourth-order valence-electron chi connectivity index (χ4n) is 1.14. The fourth-order valence-corrected chi connectivity index (χ4v) is 1.14. The molecule has 0 bridgehead atoms. The third kappa shape index (κ3) is 4.31. The van der Waals surface area contributed by atoms with Crippen LogP contribution in [0.15, 0.2) is 30.3 Å². The van der Waals surface area contributed by atoms with Gasteiger partial charge in [0, 0.05) is 12.5 Å². The molecule has 0 radical (unpaired) electrons. The topological polar surface area (TPSA) is 64.4 Å². The lowest BCUT2D eigenvalue weighted by molar-refractivity contribution is -0.124. The normalized spacial score (nSPS) is 11.9. The molecule has 0 saturated carbocycles. The van der Waals surface area contributed by atoms with Crippen molar-refractivity contribution < 1.29 is 9.53 Å². The fraction of sp³-hybridized carbons (Fsp3) is 0.417. The Morgan fingerprint density at radius 1 is 1.44 bits per heavy atom. The highest BCUT2D eigenvalue weighted by Gasteiger charge is 2.08. The van der Waals surface area contributed by atoms with E-state index in [-0.39, 0.29) is 11.8 Å². The summed E-state index contributed by atoms with van der Waals surface area (Å²) in [5.41, 5.74) is 5.38. The quantitative estimate of drug-likeness (QED) is 0.699. The molecule has 88 valence electrons. The molecule has 1 unspecified atom stereocenters. The molecule has 4 heteroatoms. The zero-order valence-electron chi connectivity index (χ0n) is 9.48. The molecule has 1 aromatic rings. The second-order valence-electron chi connectivity index (χ2n) is 3.59. The molecule has 0 aromatic heterocycles. The number of hydrogen-bond acceptors (Lipinski definition) is 3. The van der Waals surface area contributed by atoms with Gasteiger partial charge in [0.2, 0.25) is 5.91 Å². The Labute approximate surface area is 95.8 Å². The average Bonchev–Trinajstić information content (AvgIpc) is 2.34. The van der Waals surface area contributed by atoms with Crippen molar-refractivity contribution in [2.24, 2.45) is 11.7 Å². The molecule has 0 saturated heterocycles. The van der Waals surface area contributed by atoms with Crippen LogP contribution in [0.2, 0.25) is 0 Å². The van der Waals surface area contributed by atoms with E-state index in [4.69, 9.17) is 10.5 Å². The second-order valence-corrected chi connectivity index (χ2v) is 3.59. The molecule has 0 spiro atoms. The first-order chi connectivity index (χ1) is 7.74. The standard InChI is InChI=1S/C12H18N2O2/c1-10(9-13)12(15)14-7-8-16-11-5-3-2-4-6-11/h2-6,10H,7-9,13H2,1H3,(H,14,15). The third-order valence-electron chi connectivity index (χ3n) is 2.21. The lowest BCUT2D eigenvalue weighted by atomic mass is 10.2. The minimum atomic E-state index is -0.142.